The molecular formula is C27H40ClN5O3S. The first-order valence-corrected chi connectivity index (χ1v) is 14.1. The quantitative estimate of drug-likeness (QED) is 0.292. The third-order valence-corrected chi connectivity index (χ3v) is 7.79. The number of halogens is 1. The van der Waals surface area contributed by atoms with E-state index in [2.05, 4.69) is 32.4 Å². The molecule has 3 atom stereocenters. The van der Waals surface area contributed by atoms with E-state index in [1.54, 1.807) is 13.0 Å². The molecule has 2 rings (SSSR count). The Morgan fingerprint density at radius 1 is 1.14 bits per heavy atom. The van der Waals surface area contributed by atoms with Crippen molar-refractivity contribution in [2.24, 2.45) is 5.92 Å². The van der Waals surface area contributed by atoms with Crippen LogP contribution in [0.3, 0.4) is 0 Å². The molecule has 1 heterocycles. The van der Waals surface area contributed by atoms with Crippen LogP contribution >= 0.6 is 22.9 Å². The summed E-state index contributed by atoms with van der Waals surface area (Å²) < 4.78 is 0.925. The number of rotatable bonds is 15. The Morgan fingerprint density at radius 2 is 1.84 bits per heavy atom. The first-order chi connectivity index (χ1) is 17.6. The molecule has 37 heavy (non-hydrogen) atoms. The summed E-state index contributed by atoms with van der Waals surface area (Å²) in [7, 11) is 0. The Morgan fingerprint density at radius 3 is 2.46 bits per heavy atom. The minimum absolute atomic E-state index is 0.104. The number of thiazole rings is 1. The van der Waals surface area contributed by atoms with E-state index in [1.165, 1.54) is 11.3 Å². The van der Waals surface area contributed by atoms with Gasteiger partial charge in [-0.2, -0.15) is 0 Å². The second-order valence-corrected chi connectivity index (χ2v) is 10.7. The predicted octanol–water partition coefficient (Wildman–Crippen LogP) is 3.93. The van der Waals surface area contributed by atoms with E-state index >= 15 is 0 Å². The Hall–Kier alpha value is -2.49. The molecule has 0 unspecified atom stereocenters. The highest BCUT2D eigenvalue weighted by atomic mass is 35.5. The fourth-order valence-corrected chi connectivity index (χ4v) is 5.08. The molecule has 0 radical (unpaired) electrons. The topological polar surface area (TPSA) is 103 Å². The number of hydrogen-bond acceptors (Lipinski definition) is 6. The van der Waals surface area contributed by atoms with E-state index < -0.39 is 6.04 Å². The number of fused-ring (bicyclic) bond motifs is 1. The Bertz CT molecular complexity index is 1090. The number of carbonyl (C=O) groups excluding carboxylic acids is 3. The fraction of sp³-hybridized carbons (Fsp3) is 0.556. The Kier molecular flexibility index (Phi) is 12.5. The standard InChI is InChI=1S/C27H40ClN5O3S/c1-7-17(5)22(15-29-26(35)18(6)16-33(9-3)10-4)32-27(36)21(30-24(34)8-2)14-25-31-20-12-11-19(28)13-23(20)37-25/h11-13,17,21-22H,6-10,14-16H2,1-5H3,(H,29,35)(H,30,34)(H,32,36)/t17-,21-,22+/m0/s1. The summed E-state index contributed by atoms with van der Waals surface area (Å²) in [4.78, 5) is 45.0. The molecule has 1 aromatic heterocycles. The van der Waals surface area contributed by atoms with Gasteiger partial charge in [0.05, 0.1) is 15.2 Å². The zero-order chi connectivity index (χ0) is 27.5. The van der Waals surface area contributed by atoms with E-state index in [0.717, 1.165) is 34.7 Å². The van der Waals surface area contributed by atoms with Crippen molar-refractivity contribution in [1.82, 2.24) is 25.8 Å². The molecule has 0 fully saturated rings. The normalized spacial score (nSPS) is 13.7. The number of aromatic nitrogens is 1. The van der Waals surface area contributed by atoms with E-state index in [-0.39, 0.29) is 49.1 Å². The molecule has 0 bridgehead atoms. The number of carbonyl (C=O) groups is 3. The van der Waals surface area contributed by atoms with Gasteiger partial charge in [-0.3, -0.25) is 19.3 Å². The minimum atomic E-state index is -0.789. The number of nitrogens with one attached hydrogen (secondary N) is 3. The number of likely N-dealkylation sites (N-methyl/N-ethyl adjacent to an activating group) is 1. The van der Waals surface area contributed by atoms with Crippen molar-refractivity contribution in [3.05, 3.63) is 40.4 Å². The predicted molar refractivity (Wildman–Crippen MR) is 152 cm³/mol. The Labute approximate surface area is 229 Å². The first kappa shape index (κ1) is 30.7. The number of benzene rings is 1. The summed E-state index contributed by atoms with van der Waals surface area (Å²) in [6, 6.07) is 4.36. The maximum atomic E-state index is 13.4. The van der Waals surface area contributed by atoms with Crippen LogP contribution in [-0.4, -0.2) is 65.9 Å². The molecule has 0 spiro atoms. The summed E-state index contributed by atoms with van der Waals surface area (Å²) in [6.45, 7) is 16.3. The highest BCUT2D eigenvalue weighted by molar-refractivity contribution is 7.18. The summed E-state index contributed by atoms with van der Waals surface area (Å²) in [6.07, 6.45) is 1.33. The van der Waals surface area contributed by atoms with Crippen molar-refractivity contribution < 1.29 is 14.4 Å². The summed E-state index contributed by atoms with van der Waals surface area (Å²) in [5, 5.41) is 10.2. The average molecular weight is 550 g/mol. The molecular weight excluding hydrogens is 510 g/mol. The van der Waals surface area contributed by atoms with Crippen molar-refractivity contribution in [3.8, 4) is 0 Å². The van der Waals surface area contributed by atoms with Crippen molar-refractivity contribution in [2.45, 2.75) is 66.0 Å². The van der Waals surface area contributed by atoms with Crippen molar-refractivity contribution in [1.29, 1.82) is 0 Å². The number of nitrogens with zero attached hydrogens (tertiary/aromatic N) is 2. The van der Waals surface area contributed by atoms with E-state index in [9.17, 15) is 14.4 Å². The second-order valence-electron chi connectivity index (χ2n) is 9.17. The van der Waals surface area contributed by atoms with Gasteiger partial charge in [-0.25, -0.2) is 4.98 Å². The lowest BCUT2D eigenvalue weighted by Gasteiger charge is -2.27. The van der Waals surface area contributed by atoms with Crippen LogP contribution in [0, 0.1) is 5.92 Å². The van der Waals surface area contributed by atoms with Crippen LogP contribution < -0.4 is 16.0 Å². The third-order valence-electron chi connectivity index (χ3n) is 6.52. The van der Waals surface area contributed by atoms with Gasteiger partial charge >= 0.3 is 0 Å². The zero-order valence-electron chi connectivity index (χ0n) is 22.5. The van der Waals surface area contributed by atoms with Gasteiger partial charge in [0.2, 0.25) is 17.7 Å². The molecule has 2 aromatic rings. The molecule has 3 amide bonds. The van der Waals surface area contributed by atoms with Gasteiger partial charge in [-0.15, -0.1) is 11.3 Å². The molecule has 1 aromatic carbocycles. The van der Waals surface area contributed by atoms with Gasteiger partial charge in [-0.05, 0) is 37.2 Å². The van der Waals surface area contributed by atoms with Crippen LogP contribution in [0.15, 0.2) is 30.4 Å². The minimum Gasteiger partial charge on any atom is -0.350 e. The van der Waals surface area contributed by atoms with Gasteiger partial charge in [0.15, 0.2) is 0 Å². The molecule has 0 aliphatic heterocycles. The van der Waals surface area contributed by atoms with Crippen LogP contribution in [0.25, 0.3) is 10.2 Å². The van der Waals surface area contributed by atoms with Crippen LogP contribution in [0.1, 0.15) is 52.5 Å². The van der Waals surface area contributed by atoms with Gasteiger partial charge < -0.3 is 16.0 Å². The molecule has 0 aliphatic rings. The summed E-state index contributed by atoms with van der Waals surface area (Å²) in [5.74, 6) is -0.642. The van der Waals surface area contributed by atoms with Crippen LogP contribution in [-0.2, 0) is 20.8 Å². The smallest absolute Gasteiger partial charge is 0.247 e. The highest BCUT2D eigenvalue weighted by Crippen LogP contribution is 2.26. The largest absolute Gasteiger partial charge is 0.350 e. The van der Waals surface area contributed by atoms with E-state index in [4.69, 9.17) is 11.6 Å². The number of hydrogen-bond donors (Lipinski definition) is 3. The fourth-order valence-electron chi connectivity index (χ4n) is 3.79. The van der Waals surface area contributed by atoms with Crippen molar-refractivity contribution >= 4 is 50.9 Å². The zero-order valence-corrected chi connectivity index (χ0v) is 24.1. The van der Waals surface area contributed by atoms with E-state index in [1.807, 2.05) is 39.8 Å². The van der Waals surface area contributed by atoms with Crippen LogP contribution in [0.4, 0.5) is 0 Å². The molecule has 0 saturated heterocycles. The van der Waals surface area contributed by atoms with Gasteiger partial charge in [0.1, 0.15) is 6.04 Å². The first-order valence-electron chi connectivity index (χ1n) is 12.9. The monoisotopic (exact) mass is 549 g/mol. The van der Waals surface area contributed by atoms with E-state index in [0.29, 0.717) is 17.1 Å². The molecule has 0 saturated carbocycles. The Balaban J connectivity index is 2.12. The lowest BCUT2D eigenvalue weighted by Crippen LogP contribution is -2.54. The molecule has 204 valence electrons. The molecule has 3 N–H and O–H groups in total. The maximum Gasteiger partial charge on any atom is 0.247 e. The third kappa shape index (κ3) is 9.39. The van der Waals surface area contributed by atoms with Crippen LogP contribution in [0.2, 0.25) is 5.02 Å². The van der Waals surface area contributed by atoms with Gasteiger partial charge in [0, 0.05) is 42.6 Å². The second kappa shape index (κ2) is 15.1. The summed E-state index contributed by atoms with van der Waals surface area (Å²) >= 11 is 7.55. The average Bonchev–Trinajstić information content (AvgIpc) is 3.29. The highest BCUT2D eigenvalue weighted by Gasteiger charge is 2.27. The maximum absolute atomic E-state index is 13.4. The molecule has 8 nitrogen and oxygen atoms in total. The number of amides is 3. The lowest BCUT2D eigenvalue weighted by molar-refractivity contribution is -0.129. The molecule has 0 aliphatic carbocycles. The van der Waals surface area contributed by atoms with Crippen molar-refractivity contribution in [3.63, 3.8) is 0 Å². The lowest BCUT2D eigenvalue weighted by atomic mass is 9.98. The van der Waals surface area contributed by atoms with Gasteiger partial charge in [-0.1, -0.05) is 59.2 Å². The SMILES string of the molecule is C=C(CN(CC)CC)C(=O)NC[C@@H](NC(=O)[C@H](Cc1nc2ccc(Cl)cc2s1)NC(=O)CC)[C@@H](C)CC. The molecule has 10 heteroatoms. The summed E-state index contributed by atoms with van der Waals surface area (Å²) in [5.41, 5.74) is 1.29. The van der Waals surface area contributed by atoms with Gasteiger partial charge in [0.25, 0.3) is 0 Å². The van der Waals surface area contributed by atoms with Crippen molar-refractivity contribution in [2.75, 3.05) is 26.2 Å². The van der Waals surface area contributed by atoms with Crippen LogP contribution in [0.5, 0.6) is 0 Å².